The summed E-state index contributed by atoms with van der Waals surface area (Å²) in [6, 6.07) is 14.0. The molecule has 7 nitrogen and oxygen atoms in total. The molecule has 2 aromatic rings. The van der Waals surface area contributed by atoms with Crippen molar-refractivity contribution in [2.24, 2.45) is 5.73 Å². The van der Waals surface area contributed by atoms with Gasteiger partial charge in [0.15, 0.2) is 0 Å². The van der Waals surface area contributed by atoms with Crippen LogP contribution in [0.4, 0.5) is 0 Å². The van der Waals surface area contributed by atoms with Gasteiger partial charge in [-0.15, -0.1) is 0 Å². The number of hydroxylamine groups is 1. The van der Waals surface area contributed by atoms with Gasteiger partial charge in [-0.25, -0.2) is 13.9 Å². The third-order valence-electron chi connectivity index (χ3n) is 3.64. The third kappa shape index (κ3) is 3.25. The van der Waals surface area contributed by atoms with Crippen LogP contribution in [0.5, 0.6) is 5.75 Å². The minimum Gasteiger partial charge on any atom is -0.497 e. The van der Waals surface area contributed by atoms with E-state index in [9.17, 15) is 13.2 Å². The summed E-state index contributed by atoms with van der Waals surface area (Å²) in [5.41, 5.74) is 7.87. The van der Waals surface area contributed by atoms with Crippen LogP contribution in [0.15, 0.2) is 59.5 Å². The van der Waals surface area contributed by atoms with Crippen LogP contribution in [-0.4, -0.2) is 31.5 Å². The first-order chi connectivity index (χ1) is 11.3. The third-order valence-corrected chi connectivity index (χ3v) is 5.83. The number of nitrogens with one attached hydrogen (secondary N) is 1. The summed E-state index contributed by atoms with van der Waals surface area (Å²) < 4.78 is 30.8. The summed E-state index contributed by atoms with van der Waals surface area (Å²) in [5.74, 6) is -0.742. The Morgan fingerprint density at radius 1 is 1.17 bits per heavy atom. The first-order valence-electron chi connectivity index (χ1n) is 7.01. The van der Waals surface area contributed by atoms with Gasteiger partial charge in [0.05, 0.1) is 12.0 Å². The molecule has 128 valence electrons. The molecule has 2 rings (SSSR count). The fourth-order valence-corrected chi connectivity index (χ4v) is 3.82. The van der Waals surface area contributed by atoms with Crippen LogP contribution in [0, 0.1) is 0 Å². The second-order valence-corrected chi connectivity index (χ2v) is 7.38. The molecule has 0 aromatic heterocycles. The lowest BCUT2D eigenvalue weighted by molar-refractivity contribution is -0.131. The normalized spacial score (nSPS) is 13.8. The number of ether oxygens (including phenoxy) is 1. The van der Waals surface area contributed by atoms with E-state index in [0.29, 0.717) is 11.3 Å². The highest BCUT2D eigenvalue weighted by Gasteiger charge is 2.48. The van der Waals surface area contributed by atoms with Crippen LogP contribution < -0.4 is 16.0 Å². The van der Waals surface area contributed by atoms with Gasteiger partial charge in [-0.05, 0) is 29.8 Å². The topological polar surface area (TPSA) is 119 Å². The molecule has 0 unspecified atom stereocenters. The van der Waals surface area contributed by atoms with Crippen molar-refractivity contribution >= 4 is 15.7 Å². The monoisotopic (exact) mass is 350 g/mol. The molecule has 24 heavy (non-hydrogen) atoms. The molecular weight excluding hydrogens is 332 g/mol. The zero-order chi connectivity index (χ0) is 17.8. The minimum absolute atomic E-state index is 0.148. The molecule has 0 aliphatic heterocycles. The lowest BCUT2D eigenvalue weighted by atomic mass is 10.1. The van der Waals surface area contributed by atoms with E-state index < -0.39 is 20.6 Å². The van der Waals surface area contributed by atoms with Crippen LogP contribution in [-0.2, 0) is 21.1 Å². The molecule has 0 aliphatic rings. The van der Waals surface area contributed by atoms with Crippen molar-refractivity contribution in [1.82, 2.24) is 5.48 Å². The molecule has 0 radical (unpaired) electrons. The van der Waals surface area contributed by atoms with Gasteiger partial charge in [0.25, 0.3) is 5.91 Å². The molecule has 0 saturated heterocycles. The molecule has 0 fully saturated rings. The van der Waals surface area contributed by atoms with Crippen molar-refractivity contribution in [3.63, 3.8) is 0 Å². The van der Waals surface area contributed by atoms with Crippen molar-refractivity contribution in [1.29, 1.82) is 0 Å². The van der Waals surface area contributed by atoms with Crippen LogP contribution >= 0.6 is 0 Å². The minimum atomic E-state index is -4.28. The Hall–Kier alpha value is -2.42. The first-order valence-corrected chi connectivity index (χ1v) is 8.49. The summed E-state index contributed by atoms with van der Waals surface area (Å²) in [6.45, 7) is 0. The van der Waals surface area contributed by atoms with Crippen molar-refractivity contribution in [3.8, 4) is 5.75 Å². The predicted molar refractivity (Wildman–Crippen MR) is 87.2 cm³/mol. The van der Waals surface area contributed by atoms with Gasteiger partial charge in [-0.3, -0.25) is 10.0 Å². The summed E-state index contributed by atoms with van der Waals surface area (Å²) in [7, 11) is -2.84. The maximum Gasteiger partial charge on any atom is 0.279 e. The van der Waals surface area contributed by atoms with Gasteiger partial charge >= 0.3 is 0 Å². The number of hydrogen-bond acceptors (Lipinski definition) is 6. The van der Waals surface area contributed by atoms with Gasteiger partial charge in [-0.1, -0.05) is 30.3 Å². The van der Waals surface area contributed by atoms with Gasteiger partial charge in [-0.2, -0.15) is 0 Å². The van der Waals surface area contributed by atoms with E-state index in [1.165, 1.54) is 36.9 Å². The van der Waals surface area contributed by atoms with E-state index in [0.717, 1.165) is 0 Å². The van der Waals surface area contributed by atoms with E-state index in [2.05, 4.69) is 0 Å². The summed E-state index contributed by atoms with van der Waals surface area (Å²) >= 11 is 0. The van der Waals surface area contributed by atoms with Crippen LogP contribution in [0.25, 0.3) is 0 Å². The highest BCUT2D eigenvalue weighted by atomic mass is 32.2. The Bertz CT molecular complexity index is 806. The number of benzene rings is 2. The zero-order valence-corrected chi connectivity index (χ0v) is 13.8. The average Bonchev–Trinajstić information content (AvgIpc) is 2.61. The quantitative estimate of drug-likeness (QED) is 0.525. The zero-order valence-electron chi connectivity index (χ0n) is 13.0. The molecule has 8 heteroatoms. The summed E-state index contributed by atoms with van der Waals surface area (Å²) in [6.07, 6.45) is -0.297. The molecule has 0 saturated carbocycles. The number of amides is 1. The van der Waals surface area contributed by atoms with Gasteiger partial charge in [0, 0.05) is 6.42 Å². The van der Waals surface area contributed by atoms with Crippen molar-refractivity contribution in [2.75, 3.05) is 7.11 Å². The molecule has 0 bridgehead atoms. The molecule has 4 N–H and O–H groups in total. The fraction of sp³-hybridized carbons (Fsp3) is 0.188. The van der Waals surface area contributed by atoms with Crippen molar-refractivity contribution in [3.05, 3.63) is 60.2 Å². The summed E-state index contributed by atoms with van der Waals surface area (Å²) in [4.78, 5) is 9.58. The Morgan fingerprint density at radius 3 is 2.25 bits per heavy atom. The maximum atomic E-state index is 12.9. The number of methoxy groups -OCH3 is 1. The fourth-order valence-electron chi connectivity index (χ4n) is 2.26. The van der Waals surface area contributed by atoms with E-state index in [1.54, 1.807) is 30.3 Å². The number of sulfone groups is 1. The molecule has 0 spiro atoms. The lowest BCUT2D eigenvalue weighted by Crippen LogP contribution is -2.60. The standard InChI is InChI=1S/C16H18N2O5S/c1-23-13-7-9-14(10-8-13)24(21,22)16(17,15(19)18-20)11-12-5-3-2-4-6-12/h2-10,20H,11,17H2,1H3,(H,18,19)/t16-/m1/s1. The Balaban J connectivity index is 2.50. The molecule has 1 atom stereocenters. The first kappa shape index (κ1) is 17.9. The number of carbonyl (C=O) groups is 1. The van der Waals surface area contributed by atoms with Crippen LogP contribution in [0.1, 0.15) is 5.56 Å². The maximum absolute atomic E-state index is 12.9. The van der Waals surface area contributed by atoms with Crippen molar-refractivity contribution < 1.29 is 23.2 Å². The van der Waals surface area contributed by atoms with E-state index in [1.807, 2.05) is 0 Å². The Kier molecular flexibility index (Phi) is 5.23. The second-order valence-electron chi connectivity index (χ2n) is 5.17. The van der Waals surface area contributed by atoms with Crippen LogP contribution in [0.2, 0.25) is 0 Å². The smallest absolute Gasteiger partial charge is 0.279 e. The highest BCUT2D eigenvalue weighted by Crippen LogP contribution is 2.27. The van der Waals surface area contributed by atoms with E-state index in [4.69, 9.17) is 15.7 Å². The largest absolute Gasteiger partial charge is 0.497 e. The molecule has 2 aromatic carbocycles. The van der Waals surface area contributed by atoms with Gasteiger partial charge in [0.2, 0.25) is 14.7 Å². The second kappa shape index (κ2) is 7.00. The van der Waals surface area contributed by atoms with Crippen LogP contribution in [0.3, 0.4) is 0 Å². The Morgan fingerprint density at radius 2 is 1.75 bits per heavy atom. The van der Waals surface area contributed by atoms with Gasteiger partial charge in [0.1, 0.15) is 5.75 Å². The lowest BCUT2D eigenvalue weighted by Gasteiger charge is -2.27. The molecule has 1 amide bonds. The summed E-state index contributed by atoms with van der Waals surface area (Å²) in [5, 5.41) is 8.98. The SMILES string of the molecule is COc1ccc(S(=O)(=O)[C@](N)(Cc2ccccc2)C(=O)NO)cc1. The van der Waals surface area contributed by atoms with E-state index in [-0.39, 0.29) is 11.3 Å². The number of carbonyl (C=O) groups excluding carboxylic acids is 1. The molecular formula is C16H18N2O5S. The van der Waals surface area contributed by atoms with Crippen molar-refractivity contribution in [2.45, 2.75) is 16.2 Å². The number of rotatable bonds is 6. The van der Waals surface area contributed by atoms with Gasteiger partial charge < -0.3 is 10.5 Å². The Labute approximate surface area is 139 Å². The average molecular weight is 350 g/mol. The van der Waals surface area contributed by atoms with E-state index >= 15 is 0 Å². The number of nitrogens with two attached hydrogens (primary N) is 1. The highest BCUT2D eigenvalue weighted by molar-refractivity contribution is 7.93. The predicted octanol–water partition coefficient (Wildman–Crippen LogP) is 0.872. The molecule has 0 heterocycles. The number of hydrogen-bond donors (Lipinski definition) is 3. The molecule has 0 aliphatic carbocycles.